The Balaban J connectivity index is 0.000000192. The molecule has 6 N–H and O–H groups in total. The highest BCUT2D eigenvalue weighted by Crippen LogP contribution is 2.17. The van der Waals surface area contributed by atoms with Crippen molar-refractivity contribution in [3.63, 3.8) is 0 Å². The number of carbonyl (C=O) groups is 4. The first-order valence-corrected chi connectivity index (χ1v) is 13.2. The van der Waals surface area contributed by atoms with Crippen molar-refractivity contribution in [2.75, 3.05) is 36.8 Å². The molecule has 0 bridgehead atoms. The first-order chi connectivity index (χ1) is 20.4. The first-order valence-electron chi connectivity index (χ1n) is 13.2. The van der Waals surface area contributed by atoms with E-state index in [4.69, 9.17) is 10.2 Å². The van der Waals surface area contributed by atoms with Crippen molar-refractivity contribution < 1.29 is 29.4 Å². The third-order valence-electron chi connectivity index (χ3n) is 5.84. The van der Waals surface area contributed by atoms with Gasteiger partial charge in [-0.2, -0.15) is 0 Å². The summed E-state index contributed by atoms with van der Waals surface area (Å²) in [7, 11) is 0. The Morgan fingerprint density at radius 2 is 0.786 bits per heavy atom. The Morgan fingerprint density at radius 1 is 0.476 bits per heavy atom. The van der Waals surface area contributed by atoms with E-state index in [1.165, 1.54) is 12.1 Å². The Morgan fingerprint density at radius 3 is 1.10 bits per heavy atom. The maximum Gasteiger partial charge on any atom is 0.337 e. The molecule has 10 heteroatoms. The minimum absolute atomic E-state index is 0.0711. The molecule has 0 aliphatic carbocycles. The molecular formula is C32H32N4O6. The van der Waals surface area contributed by atoms with Crippen LogP contribution in [0.3, 0.4) is 0 Å². The lowest BCUT2D eigenvalue weighted by Gasteiger charge is -2.11. The third-order valence-corrected chi connectivity index (χ3v) is 5.84. The molecule has 2 amide bonds. The first kappa shape index (κ1) is 31.2. The van der Waals surface area contributed by atoms with Gasteiger partial charge in [-0.05, 0) is 48.5 Å². The monoisotopic (exact) mass is 568 g/mol. The highest BCUT2D eigenvalue weighted by Gasteiger charge is 2.13. The molecule has 0 aromatic heterocycles. The van der Waals surface area contributed by atoms with Crippen molar-refractivity contribution in [3.8, 4) is 0 Å². The number of piperazine rings is 1. The number of nitrogens with one attached hydrogen (secondary N) is 4. The fraction of sp³-hybridized carbons (Fsp3) is 0.125. The Kier molecular flexibility index (Phi) is 12.4. The summed E-state index contributed by atoms with van der Waals surface area (Å²) in [5.74, 6) is -2.80. The van der Waals surface area contributed by atoms with Crippen molar-refractivity contribution in [2.45, 2.75) is 0 Å². The fourth-order valence-corrected chi connectivity index (χ4v) is 3.73. The molecule has 0 atom stereocenters. The van der Waals surface area contributed by atoms with E-state index in [1.807, 2.05) is 12.1 Å². The van der Waals surface area contributed by atoms with Gasteiger partial charge in [-0.25, -0.2) is 9.59 Å². The van der Waals surface area contributed by atoms with Crippen molar-refractivity contribution >= 4 is 35.1 Å². The van der Waals surface area contributed by atoms with E-state index >= 15 is 0 Å². The van der Waals surface area contributed by atoms with Gasteiger partial charge >= 0.3 is 11.9 Å². The minimum Gasteiger partial charge on any atom is -0.478 e. The number of anilines is 2. The smallest absolute Gasteiger partial charge is 0.337 e. The molecule has 1 heterocycles. The molecule has 1 fully saturated rings. The second kappa shape index (κ2) is 16.7. The average molecular weight is 569 g/mol. The maximum absolute atomic E-state index is 11.9. The summed E-state index contributed by atoms with van der Waals surface area (Å²) in [5.41, 5.74) is 1.69. The molecule has 1 aliphatic heterocycles. The third kappa shape index (κ3) is 10.0. The van der Waals surface area contributed by atoms with Crippen molar-refractivity contribution in [2.24, 2.45) is 0 Å². The van der Waals surface area contributed by atoms with Gasteiger partial charge in [0.1, 0.15) is 0 Å². The lowest BCUT2D eigenvalue weighted by Crippen LogP contribution is -2.39. The molecule has 1 aliphatic rings. The zero-order valence-electron chi connectivity index (χ0n) is 22.7. The van der Waals surface area contributed by atoms with Crippen LogP contribution in [0.5, 0.6) is 0 Å². The van der Waals surface area contributed by atoms with E-state index in [-0.39, 0.29) is 22.9 Å². The second-order valence-corrected chi connectivity index (χ2v) is 8.84. The van der Waals surface area contributed by atoms with Crippen LogP contribution in [-0.2, 0) is 0 Å². The SMILES string of the molecule is C1CNCCN1.O=C(Nc1ccccc1C(=O)O)c1ccccc1.O=C(Nc1ccccc1C(=O)O)c1ccccc1. The zero-order valence-corrected chi connectivity index (χ0v) is 22.7. The van der Waals surface area contributed by atoms with Crippen molar-refractivity contribution in [1.82, 2.24) is 10.6 Å². The van der Waals surface area contributed by atoms with Gasteiger partial charge in [-0.3, -0.25) is 9.59 Å². The Labute approximate surface area is 243 Å². The lowest BCUT2D eigenvalue weighted by molar-refractivity contribution is 0.0687. The molecule has 10 nitrogen and oxygen atoms in total. The van der Waals surface area contributed by atoms with Crippen LogP contribution in [0.1, 0.15) is 41.4 Å². The average Bonchev–Trinajstić information content (AvgIpc) is 3.03. The number of hydrogen-bond acceptors (Lipinski definition) is 6. The standard InChI is InChI=1S/2C14H11NO3.C4H10N2/c2*16-13(10-6-2-1-3-7-10)15-12-9-5-4-8-11(12)14(17)18;1-2-6-4-3-5-1/h2*1-9H,(H,15,16)(H,17,18);5-6H,1-4H2. The Hall–Kier alpha value is -5.32. The van der Waals surface area contributed by atoms with Gasteiger partial charge in [0.2, 0.25) is 0 Å². The predicted octanol–water partition coefficient (Wildman–Crippen LogP) is 4.45. The molecule has 4 aromatic carbocycles. The topological polar surface area (TPSA) is 157 Å². The molecule has 0 spiro atoms. The van der Waals surface area contributed by atoms with Crippen LogP contribution in [0, 0.1) is 0 Å². The van der Waals surface area contributed by atoms with Crippen LogP contribution >= 0.6 is 0 Å². The molecule has 0 radical (unpaired) electrons. The van der Waals surface area contributed by atoms with Crippen LogP contribution in [-0.4, -0.2) is 60.1 Å². The lowest BCUT2D eigenvalue weighted by atomic mass is 10.1. The highest BCUT2D eigenvalue weighted by molar-refractivity contribution is 6.08. The van der Waals surface area contributed by atoms with Crippen molar-refractivity contribution in [3.05, 3.63) is 131 Å². The van der Waals surface area contributed by atoms with Crippen LogP contribution in [0.2, 0.25) is 0 Å². The number of aromatic carboxylic acids is 2. The van der Waals surface area contributed by atoms with E-state index in [2.05, 4.69) is 21.3 Å². The van der Waals surface area contributed by atoms with Gasteiger partial charge in [-0.1, -0.05) is 60.7 Å². The number of carbonyl (C=O) groups excluding carboxylic acids is 2. The van der Waals surface area contributed by atoms with Crippen LogP contribution in [0.4, 0.5) is 11.4 Å². The summed E-state index contributed by atoms with van der Waals surface area (Å²) in [6, 6.07) is 29.9. The number of benzene rings is 4. The van der Waals surface area contributed by atoms with E-state index in [0.29, 0.717) is 22.5 Å². The highest BCUT2D eigenvalue weighted by atomic mass is 16.4. The zero-order chi connectivity index (χ0) is 30.2. The molecule has 4 aromatic rings. The van der Waals surface area contributed by atoms with Crippen LogP contribution < -0.4 is 21.3 Å². The molecule has 1 saturated heterocycles. The molecule has 0 saturated carbocycles. The summed E-state index contributed by atoms with van der Waals surface area (Å²) >= 11 is 0. The molecule has 5 rings (SSSR count). The van der Waals surface area contributed by atoms with Gasteiger partial charge in [0.25, 0.3) is 11.8 Å². The number of carboxylic acid groups (broad SMARTS) is 2. The van der Waals surface area contributed by atoms with Gasteiger partial charge < -0.3 is 31.5 Å². The summed E-state index contributed by atoms with van der Waals surface area (Å²) in [6.07, 6.45) is 0. The normalized spacial score (nSPS) is 11.8. The summed E-state index contributed by atoms with van der Waals surface area (Å²) in [5, 5.41) is 29.6. The molecule has 0 unspecified atom stereocenters. The van der Waals surface area contributed by atoms with E-state index in [0.717, 1.165) is 26.2 Å². The summed E-state index contributed by atoms with van der Waals surface area (Å²) < 4.78 is 0. The number of carboxylic acids is 2. The molecule has 216 valence electrons. The summed E-state index contributed by atoms with van der Waals surface area (Å²) in [4.78, 5) is 45.7. The van der Waals surface area contributed by atoms with Gasteiger partial charge in [0.05, 0.1) is 22.5 Å². The number of rotatable bonds is 6. The van der Waals surface area contributed by atoms with Crippen LogP contribution in [0.25, 0.3) is 0 Å². The summed E-state index contributed by atoms with van der Waals surface area (Å²) in [6.45, 7) is 4.56. The largest absolute Gasteiger partial charge is 0.478 e. The Bertz CT molecular complexity index is 1360. The molecular weight excluding hydrogens is 536 g/mol. The fourth-order valence-electron chi connectivity index (χ4n) is 3.73. The number of amides is 2. The van der Waals surface area contributed by atoms with Gasteiger partial charge in [-0.15, -0.1) is 0 Å². The maximum atomic E-state index is 11.9. The van der Waals surface area contributed by atoms with Crippen molar-refractivity contribution in [1.29, 1.82) is 0 Å². The minimum atomic E-state index is -1.07. The predicted molar refractivity (Wildman–Crippen MR) is 161 cm³/mol. The molecule has 42 heavy (non-hydrogen) atoms. The van der Waals surface area contributed by atoms with Crippen LogP contribution in [0.15, 0.2) is 109 Å². The number of para-hydroxylation sites is 2. The van der Waals surface area contributed by atoms with Gasteiger partial charge in [0.15, 0.2) is 0 Å². The quantitative estimate of drug-likeness (QED) is 0.199. The van der Waals surface area contributed by atoms with Gasteiger partial charge in [0, 0.05) is 37.3 Å². The van der Waals surface area contributed by atoms with E-state index in [1.54, 1.807) is 84.9 Å². The second-order valence-electron chi connectivity index (χ2n) is 8.84. The number of hydrogen-bond donors (Lipinski definition) is 6. The van der Waals surface area contributed by atoms with E-state index in [9.17, 15) is 19.2 Å². The van der Waals surface area contributed by atoms with E-state index < -0.39 is 11.9 Å².